The van der Waals surface area contributed by atoms with Gasteiger partial charge in [0.05, 0.1) is 24.3 Å². The number of hydrogen-bond donors (Lipinski definition) is 1. The van der Waals surface area contributed by atoms with Crippen LogP contribution in [-0.2, 0) is 4.74 Å². The predicted octanol–water partition coefficient (Wildman–Crippen LogP) is 2.07. The minimum Gasteiger partial charge on any atom is -0.388 e. The summed E-state index contributed by atoms with van der Waals surface area (Å²) in [4.78, 5) is 3.88. The maximum Gasteiger partial charge on any atom is 0.136 e. The predicted molar refractivity (Wildman–Crippen MR) is 53.5 cm³/mol. The van der Waals surface area contributed by atoms with Gasteiger partial charge in [-0.15, -0.1) is 0 Å². The van der Waals surface area contributed by atoms with Gasteiger partial charge in [0.25, 0.3) is 0 Å². The molecule has 5 heteroatoms. The lowest BCUT2D eigenvalue weighted by atomic mass is 9.95. The van der Waals surface area contributed by atoms with Crippen LogP contribution < -0.4 is 0 Å². The average Bonchev–Trinajstić information content (AvgIpc) is 2.00. The van der Waals surface area contributed by atoms with Crippen LogP contribution in [0, 0.1) is 5.92 Å². The summed E-state index contributed by atoms with van der Waals surface area (Å²) in [5.41, 5.74) is 0.504. The third-order valence-electron chi connectivity index (χ3n) is 2.29. The van der Waals surface area contributed by atoms with Crippen molar-refractivity contribution in [3.05, 3.63) is 28.0 Å². The first kappa shape index (κ1) is 10.2. The molecule has 1 unspecified atom stereocenters. The van der Waals surface area contributed by atoms with Crippen LogP contribution in [0.25, 0.3) is 0 Å². The first-order chi connectivity index (χ1) is 6.70. The summed E-state index contributed by atoms with van der Waals surface area (Å²) in [6, 6.07) is 1.62. The molecular weight excluding hydrogens is 225 g/mol. The lowest BCUT2D eigenvalue weighted by Crippen LogP contribution is -2.33. The Morgan fingerprint density at radius 1 is 1.50 bits per heavy atom. The third-order valence-corrected chi connectivity index (χ3v) is 2.93. The fourth-order valence-corrected chi connectivity index (χ4v) is 1.94. The molecule has 0 aromatic carbocycles. The number of halogens is 2. The number of ether oxygens (including phenoxy) is 1. The Hall–Kier alpha value is -0.350. The van der Waals surface area contributed by atoms with E-state index in [0.29, 0.717) is 23.8 Å². The molecule has 0 radical (unpaired) electrons. The molecule has 1 saturated heterocycles. The molecule has 1 aromatic heterocycles. The van der Waals surface area contributed by atoms with Crippen molar-refractivity contribution in [1.82, 2.24) is 4.98 Å². The van der Waals surface area contributed by atoms with E-state index < -0.39 is 6.10 Å². The molecule has 76 valence electrons. The average molecular weight is 234 g/mol. The maximum atomic E-state index is 9.91. The molecule has 0 saturated carbocycles. The van der Waals surface area contributed by atoms with Crippen LogP contribution in [0.15, 0.2) is 12.3 Å². The molecule has 0 spiro atoms. The Morgan fingerprint density at radius 3 is 2.71 bits per heavy atom. The standard InChI is InChI=1S/C9H9Cl2NO2/c10-6-1-2-12-9(11)7(6)8(13)5-3-14-4-5/h1-2,5,8,13H,3-4H2. The largest absolute Gasteiger partial charge is 0.388 e. The van der Waals surface area contributed by atoms with E-state index in [1.54, 1.807) is 6.07 Å². The van der Waals surface area contributed by atoms with Crippen LogP contribution in [0.5, 0.6) is 0 Å². The summed E-state index contributed by atoms with van der Waals surface area (Å²) in [6.07, 6.45) is 0.829. The second-order valence-electron chi connectivity index (χ2n) is 3.24. The molecule has 1 aliphatic heterocycles. The van der Waals surface area contributed by atoms with E-state index in [1.807, 2.05) is 0 Å². The van der Waals surface area contributed by atoms with Gasteiger partial charge in [-0.05, 0) is 6.07 Å². The highest BCUT2D eigenvalue weighted by atomic mass is 35.5. The second kappa shape index (κ2) is 4.03. The van der Waals surface area contributed by atoms with Crippen molar-refractivity contribution < 1.29 is 9.84 Å². The molecule has 1 N–H and O–H groups in total. The van der Waals surface area contributed by atoms with E-state index >= 15 is 0 Å². The number of nitrogens with zero attached hydrogens (tertiary/aromatic N) is 1. The Balaban J connectivity index is 2.29. The van der Waals surface area contributed by atoms with Crippen LogP contribution in [0.2, 0.25) is 10.2 Å². The van der Waals surface area contributed by atoms with Gasteiger partial charge in [-0.3, -0.25) is 0 Å². The molecule has 0 bridgehead atoms. The summed E-state index contributed by atoms with van der Waals surface area (Å²) < 4.78 is 4.99. The molecule has 1 aromatic rings. The number of rotatable bonds is 2. The summed E-state index contributed by atoms with van der Waals surface area (Å²) in [6.45, 7) is 1.09. The van der Waals surface area contributed by atoms with Crippen LogP contribution in [-0.4, -0.2) is 23.3 Å². The molecule has 2 heterocycles. The van der Waals surface area contributed by atoms with Gasteiger partial charge in [-0.1, -0.05) is 23.2 Å². The van der Waals surface area contributed by atoms with Gasteiger partial charge in [0, 0.05) is 17.7 Å². The van der Waals surface area contributed by atoms with Crippen LogP contribution in [0.1, 0.15) is 11.7 Å². The number of aliphatic hydroxyl groups is 1. The highest BCUT2D eigenvalue weighted by Crippen LogP contribution is 2.35. The lowest BCUT2D eigenvalue weighted by Gasteiger charge is -2.31. The van der Waals surface area contributed by atoms with E-state index in [0.717, 1.165) is 0 Å². The maximum absolute atomic E-state index is 9.91. The zero-order valence-electron chi connectivity index (χ0n) is 7.28. The topological polar surface area (TPSA) is 42.4 Å². The summed E-state index contributed by atoms with van der Waals surface area (Å²) >= 11 is 11.8. The van der Waals surface area contributed by atoms with E-state index in [-0.39, 0.29) is 11.1 Å². The number of hydrogen-bond acceptors (Lipinski definition) is 3. The van der Waals surface area contributed by atoms with Crippen molar-refractivity contribution in [3.63, 3.8) is 0 Å². The Bertz CT molecular complexity index is 321. The highest BCUT2D eigenvalue weighted by Gasteiger charge is 2.31. The Kier molecular flexibility index (Phi) is 2.93. The molecule has 1 aliphatic rings. The van der Waals surface area contributed by atoms with E-state index in [1.165, 1.54) is 6.20 Å². The molecular formula is C9H9Cl2NO2. The smallest absolute Gasteiger partial charge is 0.136 e. The second-order valence-corrected chi connectivity index (χ2v) is 4.00. The van der Waals surface area contributed by atoms with Gasteiger partial charge in [0.15, 0.2) is 0 Å². The van der Waals surface area contributed by atoms with Crippen molar-refractivity contribution in [1.29, 1.82) is 0 Å². The number of aromatic nitrogens is 1. The van der Waals surface area contributed by atoms with Crippen molar-refractivity contribution in [3.8, 4) is 0 Å². The fourth-order valence-electron chi connectivity index (χ4n) is 1.36. The lowest BCUT2D eigenvalue weighted by molar-refractivity contribution is -0.0924. The highest BCUT2D eigenvalue weighted by molar-refractivity contribution is 6.35. The Labute approximate surface area is 91.6 Å². The normalized spacial score (nSPS) is 19.1. The van der Waals surface area contributed by atoms with Crippen molar-refractivity contribution in [2.45, 2.75) is 6.10 Å². The zero-order valence-corrected chi connectivity index (χ0v) is 8.79. The van der Waals surface area contributed by atoms with Crippen LogP contribution in [0.3, 0.4) is 0 Å². The SMILES string of the molecule is OC(c1c(Cl)ccnc1Cl)C1COC1. The molecule has 0 amide bonds. The quantitative estimate of drug-likeness (QED) is 0.796. The van der Waals surface area contributed by atoms with Gasteiger partial charge in [-0.2, -0.15) is 0 Å². The number of pyridine rings is 1. The van der Waals surface area contributed by atoms with Gasteiger partial charge in [0.2, 0.25) is 0 Å². The molecule has 0 aliphatic carbocycles. The van der Waals surface area contributed by atoms with Crippen LogP contribution >= 0.6 is 23.2 Å². The van der Waals surface area contributed by atoms with E-state index in [9.17, 15) is 5.11 Å². The molecule has 2 rings (SSSR count). The monoisotopic (exact) mass is 233 g/mol. The molecule has 1 fully saturated rings. The molecule has 14 heavy (non-hydrogen) atoms. The third kappa shape index (κ3) is 1.73. The van der Waals surface area contributed by atoms with Crippen molar-refractivity contribution >= 4 is 23.2 Å². The van der Waals surface area contributed by atoms with Gasteiger partial charge in [0.1, 0.15) is 5.15 Å². The van der Waals surface area contributed by atoms with E-state index in [2.05, 4.69) is 4.98 Å². The van der Waals surface area contributed by atoms with Crippen LogP contribution in [0.4, 0.5) is 0 Å². The van der Waals surface area contributed by atoms with Gasteiger partial charge in [-0.25, -0.2) is 4.98 Å². The first-order valence-electron chi connectivity index (χ1n) is 4.26. The van der Waals surface area contributed by atoms with Gasteiger partial charge < -0.3 is 9.84 Å². The number of aliphatic hydroxyl groups excluding tert-OH is 1. The van der Waals surface area contributed by atoms with Crippen molar-refractivity contribution in [2.75, 3.05) is 13.2 Å². The zero-order chi connectivity index (χ0) is 10.1. The summed E-state index contributed by atoms with van der Waals surface area (Å²) in [5.74, 6) is 0.0780. The minimum atomic E-state index is -0.683. The van der Waals surface area contributed by atoms with Crippen molar-refractivity contribution in [2.24, 2.45) is 5.92 Å². The summed E-state index contributed by atoms with van der Waals surface area (Å²) in [5, 5.41) is 10.6. The van der Waals surface area contributed by atoms with Gasteiger partial charge >= 0.3 is 0 Å². The summed E-state index contributed by atoms with van der Waals surface area (Å²) in [7, 11) is 0. The molecule has 1 atom stereocenters. The Morgan fingerprint density at radius 2 is 2.21 bits per heavy atom. The minimum absolute atomic E-state index is 0.0780. The fraction of sp³-hybridized carbons (Fsp3) is 0.444. The first-order valence-corrected chi connectivity index (χ1v) is 5.01. The molecule has 3 nitrogen and oxygen atoms in total. The van der Waals surface area contributed by atoms with E-state index in [4.69, 9.17) is 27.9 Å².